The van der Waals surface area contributed by atoms with Gasteiger partial charge >= 0.3 is 0 Å². The Morgan fingerprint density at radius 2 is 2.12 bits per heavy atom. The smallest absolute Gasteiger partial charge is 0.132 e. The summed E-state index contributed by atoms with van der Waals surface area (Å²) in [6.45, 7) is 2.19. The second-order valence-electron chi connectivity index (χ2n) is 4.94. The third-order valence-electron chi connectivity index (χ3n) is 3.71. The molecule has 1 aliphatic rings. The molecule has 88 valence electrons. The summed E-state index contributed by atoms with van der Waals surface area (Å²) < 4.78 is 0. The SMILES string of the molecule is Cc1cc2cc(C3(CO)CC3)ccc2nc1Cl. The number of hydrogen-bond acceptors (Lipinski definition) is 2. The summed E-state index contributed by atoms with van der Waals surface area (Å²) in [4.78, 5) is 4.35. The maximum absolute atomic E-state index is 9.44. The van der Waals surface area contributed by atoms with E-state index in [0.29, 0.717) is 5.15 Å². The van der Waals surface area contributed by atoms with E-state index in [0.717, 1.165) is 29.3 Å². The number of hydrogen-bond donors (Lipinski definition) is 1. The number of rotatable bonds is 2. The molecule has 1 N–H and O–H groups in total. The zero-order chi connectivity index (χ0) is 12.0. The summed E-state index contributed by atoms with van der Waals surface area (Å²) in [5.41, 5.74) is 3.14. The average Bonchev–Trinajstić information content (AvgIpc) is 3.11. The summed E-state index contributed by atoms with van der Waals surface area (Å²) in [7, 11) is 0. The Bertz CT molecular complexity index is 590. The second kappa shape index (κ2) is 3.69. The Labute approximate surface area is 105 Å². The van der Waals surface area contributed by atoms with Crippen LogP contribution in [0, 0.1) is 6.92 Å². The van der Waals surface area contributed by atoms with Crippen molar-refractivity contribution in [2.75, 3.05) is 6.61 Å². The fourth-order valence-electron chi connectivity index (χ4n) is 2.28. The van der Waals surface area contributed by atoms with Crippen LogP contribution in [0.3, 0.4) is 0 Å². The van der Waals surface area contributed by atoms with Crippen LogP contribution in [0.1, 0.15) is 24.0 Å². The lowest BCUT2D eigenvalue weighted by Gasteiger charge is -2.13. The van der Waals surface area contributed by atoms with Crippen LogP contribution in [0.5, 0.6) is 0 Å². The molecule has 1 aliphatic carbocycles. The number of aryl methyl sites for hydroxylation is 1. The molecule has 1 fully saturated rings. The molecule has 0 atom stereocenters. The predicted molar refractivity (Wildman–Crippen MR) is 69.5 cm³/mol. The van der Waals surface area contributed by atoms with E-state index in [9.17, 15) is 5.11 Å². The molecule has 0 aliphatic heterocycles. The van der Waals surface area contributed by atoms with Gasteiger partial charge in [0, 0.05) is 10.8 Å². The first-order valence-electron chi connectivity index (χ1n) is 5.83. The first kappa shape index (κ1) is 11.0. The number of halogens is 1. The normalized spacial score (nSPS) is 17.4. The van der Waals surface area contributed by atoms with Gasteiger partial charge in [0.15, 0.2) is 0 Å². The number of fused-ring (bicyclic) bond motifs is 1. The van der Waals surface area contributed by atoms with Crippen molar-refractivity contribution in [3.8, 4) is 0 Å². The molecule has 0 amide bonds. The summed E-state index contributed by atoms with van der Waals surface area (Å²) in [6, 6.07) is 8.24. The molecular formula is C14H14ClNO. The Morgan fingerprint density at radius 1 is 1.35 bits per heavy atom. The van der Waals surface area contributed by atoms with Crippen molar-refractivity contribution in [1.29, 1.82) is 0 Å². The van der Waals surface area contributed by atoms with Crippen LogP contribution in [0.15, 0.2) is 24.3 Å². The van der Waals surface area contributed by atoms with Crippen LogP contribution in [0.4, 0.5) is 0 Å². The molecule has 1 heterocycles. The fraction of sp³-hybridized carbons (Fsp3) is 0.357. The molecule has 3 heteroatoms. The molecular weight excluding hydrogens is 234 g/mol. The van der Waals surface area contributed by atoms with Gasteiger partial charge in [0.05, 0.1) is 12.1 Å². The van der Waals surface area contributed by atoms with E-state index in [1.165, 1.54) is 5.56 Å². The van der Waals surface area contributed by atoms with Crippen LogP contribution in [-0.4, -0.2) is 16.7 Å². The van der Waals surface area contributed by atoms with E-state index in [-0.39, 0.29) is 12.0 Å². The first-order valence-corrected chi connectivity index (χ1v) is 6.21. The zero-order valence-corrected chi connectivity index (χ0v) is 10.5. The minimum atomic E-state index is 0.0156. The van der Waals surface area contributed by atoms with Gasteiger partial charge in [-0.15, -0.1) is 0 Å². The van der Waals surface area contributed by atoms with Crippen molar-refractivity contribution >= 4 is 22.5 Å². The zero-order valence-electron chi connectivity index (χ0n) is 9.70. The third-order valence-corrected chi connectivity index (χ3v) is 4.09. The highest BCUT2D eigenvalue weighted by Crippen LogP contribution is 2.48. The van der Waals surface area contributed by atoms with Crippen LogP contribution < -0.4 is 0 Å². The number of nitrogens with zero attached hydrogens (tertiary/aromatic N) is 1. The number of benzene rings is 1. The van der Waals surface area contributed by atoms with Crippen molar-refractivity contribution in [2.24, 2.45) is 0 Å². The maximum Gasteiger partial charge on any atom is 0.132 e. The van der Waals surface area contributed by atoms with Crippen LogP contribution in [0.25, 0.3) is 10.9 Å². The van der Waals surface area contributed by atoms with Crippen molar-refractivity contribution in [2.45, 2.75) is 25.2 Å². The highest BCUT2D eigenvalue weighted by atomic mass is 35.5. The highest BCUT2D eigenvalue weighted by molar-refractivity contribution is 6.30. The van der Waals surface area contributed by atoms with E-state index in [1.807, 2.05) is 13.0 Å². The lowest BCUT2D eigenvalue weighted by molar-refractivity contribution is 0.255. The Hall–Kier alpha value is -1.12. The number of pyridine rings is 1. The van der Waals surface area contributed by atoms with Gasteiger partial charge in [0.2, 0.25) is 0 Å². The first-order chi connectivity index (χ1) is 8.14. The van der Waals surface area contributed by atoms with Crippen molar-refractivity contribution in [3.05, 3.63) is 40.5 Å². The monoisotopic (exact) mass is 247 g/mol. The molecule has 0 bridgehead atoms. The quantitative estimate of drug-likeness (QED) is 0.827. The van der Waals surface area contributed by atoms with Gasteiger partial charge in [0.1, 0.15) is 5.15 Å². The third kappa shape index (κ3) is 1.72. The topological polar surface area (TPSA) is 33.1 Å². The molecule has 0 unspecified atom stereocenters. The van der Waals surface area contributed by atoms with Crippen LogP contribution in [0.2, 0.25) is 5.15 Å². The molecule has 0 radical (unpaired) electrons. The maximum atomic E-state index is 9.44. The number of aliphatic hydroxyl groups is 1. The minimum absolute atomic E-state index is 0.0156. The van der Waals surface area contributed by atoms with Gasteiger partial charge < -0.3 is 5.11 Å². The molecule has 2 aromatic rings. The van der Waals surface area contributed by atoms with E-state index < -0.39 is 0 Å². The van der Waals surface area contributed by atoms with Crippen molar-refractivity contribution < 1.29 is 5.11 Å². The summed E-state index contributed by atoms with van der Waals surface area (Å²) in [5, 5.41) is 11.1. The van der Waals surface area contributed by atoms with E-state index in [1.54, 1.807) is 0 Å². The lowest BCUT2D eigenvalue weighted by atomic mass is 9.95. The lowest BCUT2D eigenvalue weighted by Crippen LogP contribution is -2.11. The minimum Gasteiger partial charge on any atom is -0.395 e. The summed E-state index contributed by atoms with van der Waals surface area (Å²) in [6.07, 6.45) is 2.16. The largest absolute Gasteiger partial charge is 0.395 e. The Kier molecular flexibility index (Phi) is 2.39. The van der Waals surface area contributed by atoms with Crippen molar-refractivity contribution in [3.63, 3.8) is 0 Å². The molecule has 1 aromatic heterocycles. The molecule has 0 spiro atoms. The molecule has 2 nitrogen and oxygen atoms in total. The molecule has 1 saturated carbocycles. The van der Waals surface area contributed by atoms with Gasteiger partial charge in [-0.05, 0) is 49.1 Å². The van der Waals surface area contributed by atoms with Crippen LogP contribution >= 0.6 is 11.6 Å². The number of aromatic nitrogens is 1. The number of aliphatic hydroxyl groups excluding tert-OH is 1. The van der Waals surface area contributed by atoms with Gasteiger partial charge in [-0.1, -0.05) is 17.7 Å². The standard InChI is InChI=1S/C14H14ClNO/c1-9-6-10-7-11(14(8-17)4-5-14)2-3-12(10)16-13(9)15/h2-3,6-7,17H,4-5,8H2,1H3. The molecule has 0 saturated heterocycles. The van der Waals surface area contributed by atoms with Gasteiger partial charge in [0.25, 0.3) is 0 Å². The summed E-state index contributed by atoms with van der Waals surface area (Å²) in [5.74, 6) is 0. The van der Waals surface area contributed by atoms with E-state index in [4.69, 9.17) is 11.6 Å². The Morgan fingerprint density at radius 3 is 2.76 bits per heavy atom. The molecule has 1 aromatic carbocycles. The fourth-order valence-corrected chi connectivity index (χ4v) is 2.42. The second-order valence-corrected chi connectivity index (χ2v) is 5.30. The van der Waals surface area contributed by atoms with Crippen molar-refractivity contribution in [1.82, 2.24) is 4.98 Å². The molecule has 17 heavy (non-hydrogen) atoms. The van der Waals surface area contributed by atoms with Gasteiger partial charge in [-0.2, -0.15) is 0 Å². The van der Waals surface area contributed by atoms with Crippen LogP contribution in [-0.2, 0) is 5.41 Å². The highest BCUT2D eigenvalue weighted by Gasteiger charge is 2.43. The average molecular weight is 248 g/mol. The van der Waals surface area contributed by atoms with Gasteiger partial charge in [-0.3, -0.25) is 0 Å². The summed E-state index contributed by atoms with van der Waals surface area (Å²) >= 11 is 6.01. The van der Waals surface area contributed by atoms with Gasteiger partial charge in [-0.25, -0.2) is 4.98 Å². The Balaban J connectivity index is 2.16. The van der Waals surface area contributed by atoms with E-state index in [2.05, 4.69) is 23.2 Å². The predicted octanol–water partition coefficient (Wildman–Crippen LogP) is 3.22. The molecule has 3 rings (SSSR count). The van der Waals surface area contributed by atoms with E-state index >= 15 is 0 Å².